The summed E-state index contributed by atoms with van der Waals surface area (Å²) in [7, 11) is 0. The minimum Gasteiger partial charge on any atom is -0.339 e. The van der Waals surface area contributed by atoms with E-state index in [0.29, 0.717) is 0 Å². The molecule has 2 N–H and O–H groups in total. The molecule has 2 atom stereocenters. The number of nitrogens with one attached hydrogen (secondary N) is 2. The first-order valence-corrected chi connectivity index (χ1v) is 6.70. The van der Waals surface area contributed by atoms with E-state index in [1.165, 1.54) is 0 Å². The van der Waals surface area contributed by atoms with Gasteiger partial charge in [-0.3, -0.25) is 0 Å². The predicted octanol–water partition coefficient (Wildman–Crippen LogP) is 1.53. The Bertz CT molecular complexity index is 277. The molecule has 0 radical (unpaired) electrons. The van der Waals surface area contributed by atoms with E-state index in [-0.39, 0.29) is 12.3 Å². The van der Waals surface area contributed by atoms with Crippen molar-refractivity contribution >= 4 is 34.7 Å². The van der Waals surface area contributed by atoms with E-state index in [4.69, 9.17) is 24.4 Å². The lowest BCUT2D eigenvalue weighted by molar-refractivity contribution is 0.105. The van der Waals surface area contributed by atoms with Crippen molar-refractivity contribution in [2.24, 2.45) is 0 Å². The highest BCUT2D eigenvalue weighted by Gasteiger charge is 2.45. The Balaban J connectivity index is 2.15. The molecule has 2 aliphatic rings. The van der Waals surface area contributed by atoms with Gasteiger partial charge in [0.05, 0.1) is 0 Å². The second-order valence-electron chi connectivity index (χ2n) is 4.20. The van der Waals surface area contributed by atoms with Gasteiger partial charge in [-0.2, -0.15) is 0 Å². The van der Waals surface area contributed by atoms with E-state index in [9.17, 15) is 0 Å². The maximum Gasteiger partial charge on any atom is 0.191 e. The lowest BCUT2D eigenvalue weighted by Gasteiger charge is -2.26. The summed E-state index contributed by atoms with van der Waals surface area (Å²) < 4.78 is 0. The minimum absolute atomic E-state index is 0.236. The maximum atomic E-state index is 5.37. The van der Waals surface area contributed by atoms with Crippen LogP contribution in [0.2, 0.25) is 0 Å². The molecule has 2 unspecified atom stereocenters. The first-order chi connectivity index (χ1) is 7.69. The highest BCUT2D eigenvalue weighted by Crippen LogP contribution is 2.25. The van der Waals surface area contributed by atoms with Gasteiger partial charge in [-0.15, -0.1) is 0 Å². The van der Waals surface area contributed by atoms with Gasteiger partial charge in [0.15, 0.2) is 10.2 Å². The van der Waals surface area contributed by atoms with Crippen molar-refractivity contribution in [1.82, 2.24) is 20.7 Å². The number of fused-ring (bicyclic) bond motifs is 1. The van der Waals surface area contributed by atoms with Crippen LogP contribution >= 0.6 is 24.4 Å². The summed E-state index contributed by atoms with van der Waals surface area (Å²) in [4.78, 5) is 0. The van der Waals surface area contributed by atoms with Gasteiger partial charge in [-0.1, -0.05) is 26.7 Å². The SMILES string of the molecule is CCCC1NC(=S)N2C(CCC)NC(=S)N12. The third-order valence-electron chi connectivity index (χ3n) is 2.94. The second-order valence-corrected chi connectivity index (χ2v) is 4.97. The quantitative estimate of drug-likeness (QED) is 0.744. The van der Waals surface area contributed by atoms with Crippen LogP contribution in [0.1, 0.15) is 39.5 Å². The zero-order valence-electron chi connectivity index (χ0n) is 9.69. The van der Waals surface area contributed by atoms with Crippen molar-refractivity contribution in [3.05, 3.63) is 0 Å². The summed E-state index contributed by atoms with van der Waals surface area (Å²) >= 11 is 10.7. The van der Waals surface area contributed by atoms with Gasteiger partial charge >= 0.3 is 0 Å². The van der Waals surface area contributed by atoms with Crippen molar-refractivity contribution < 1.29 is 0 Å². The Morgan fingerprint density at radius 1 is 0.938 bits per heavy atom. The number of hydrogen-bond donors (Lipinski definition) is 2. The topological polar surface area (TPSA) is 30.5 Å². The number of nitrogens with zero attached hydrogens (tertiary/aromatic N) is 2. The van der Waals surface area contributed by atoms with Crippen LogP contribution in [0, 0.1) is 0 Å². The molecule has 2 fully saturated rings. The minimum atomic E-state index is 0.236. The molecule has 0 aromatic rings. The van der Waals surface area contributed by atoms with Crippen LogP contribution in [-0.2, 0) is 0 Å². The molecule has 0 saturated carbocycles. The van der Waals surface area contributed by atoms with E-state index in [0.717, 1.165) is 35.9 Å². The van der Waals surface area contributed by atoms with Gasteiger partial charge in [0, 0.05) is 0 Å². The molecule has 0 amide bonds. The smallest absolute Gasteiger partial charge is 0.191 e. The van der Waals surface area contributed by atoms with Crippen molar-refractivity contribution in [3.63, 3.8) is 0 Å². The van der Waals surface area contributed by atoms with E-state index in [1.54, 1.807) is 0 Å². The average molecular weight is 258 g/mol. The van der Waals surface area contributed by atoms with E-state index in [1.807, 2.05) is 0 Å². The van der Waals surface area contributed by atoms with Gasteiger partial charge in [0.2, 0.25) is 0 Å². The van der Waals surface area contributed by atoms with Gasteiger partial charge in [0.25, 0.3) is 0 Å². The van der Waals surface area contributed by atoms with E-state index < -0.39 is 0 Å². The maximum absolute atomic E-state index is 5.37. The van der Waals surface area contributed by atoms with Crippen molar-refractivity contribution in [2.75, 3.05) is 0 Å². The van der Waals surface area contributed by atoms with Crippen LogP contribution in [0.3, 0.4) is 0 Å². The van der Waals surface area contributed by atoms with Crippen LogP contribution < -0.4 is 10.6 Å². The molecule has 90 valence electrons. The molecular formula is C10H18N4S2. The van der Waals surface area contributed by atoms with Crippen LogP contribution in [-0.4, -0.2) is 32.6 Å². The molecule has 0 spiro atoms. The van der Waals surface area contributed by atoms with Crippen LogP contribution in [0.4, 0.5) is 0 Å². The summed E-state index contributed by atoms with van der Waals surface area (Å²) in [5, 5.41) is 12.5. The molecule has 16 heavy (non-hydrogen) atoms. The summed E-state index contributed by atoms with van der Waals surface area (Å²) in [6.45, 7) is 4.34. The number of thiocarbonyl (C=S) groups is 2. The highest BCUT2D eigenvalue weighted by atomic mass is 32.1. The monoisotopic (exact) mass is 258 g/mol. The van der Waals surface area contributed by atoms with Gasteiger partial charge in [-0.25, -0.2) is 10.0 Å². The largest absolute Gasteiger partial charge is 0.339 e. The molecule has 2 heterocycles. The normalized spacial score (nSPS) is 28.1. The average Bonchev–Trinajstić information content (AvgIpc) is 2.71. The molecular weight excluding hydrogens is 240 g/mol. The zero-order chi connectivity index (χ0) is 11.7. The van der Waals surface area contributed by atoms with Gasteiger partial charge in [0.1, 0.15) is 12.3 Å². The third kappa shape index (κ3) is 1.84. The summed E-state index contributed by atoms with van der Waals surface area (Å²) in [6, 6.07) is 0. The van der Waals surface area contributed by atoms with Gasteiger partial charge in [-0.05, 0) is 37.3 Å². The predicted molar refractivity (Wildman–Crippen MR) is 72.5 cm³/mol. The number of rotatable bonds is 4. The second kappa shape index (κ2) is 4.71. The van der Waals surface area contributed by atoms with Crippen molar-refractivity contribution in [2.45, 2.75) is 51.9 Å². The lowest BCUT2D eigenvalue weighted by Crippen LogP contribution is -2.41. The van der Waals surface area contributed by atoms with E-state index in [2.05, 4.69) is 34.5 Å². The van der Waals surface area contributed by atoms with Crippen LogP contribution in [0.25, 0.3) is 0 Å². The summed E-state index contributed by atoms with van der Waals surface area (Å²) in [5.41, 5.74) is 0. The molecule has 2 aliphatic heterocycles. The molecule has 2 saturated heterocycles. The first-order valence-electron chi connectivity index (χ1n) is 5.88. The molecule has 2 rings (SSSR count). The first kappa shape index (κ1) is 11.9. The molecule has 4 nitrogen and oxygen atoms in total. The van der Waals surface area contributed by atoms with Crippen LogP contribution in [0.15, 0.2) is 0 Å². The lowest BCUT2D eigenvalue weighted by atomic mass is 10.3. The summed E-state index contributed by atoms with van der Waals surface area (Å²) in [5.74, 6) is 0. The van der Waals surface area contributed by atoms with Crippen molar-refractivity contribution in [3.8, 4) is 0 Å². The standard InChI is InChI=1S/C10H18N4S2/c1-3-5-7-11-9(15)14-8(6-4-2)12-10(16)13(7)14/h7-8H,3-6H2,1-2H3,(H,11,15)(H,12,16). The Morgan fingerprint density at radius 2 is 1.31 bits per heavy atom. The Labute approximate surface area is 107 Å². The number of hydrazine groups is 1. The Morgan fingerprint density at radius 3 is 1.62 bits per heavy atom. The number of hydrogen-bond acceptors (Lipinski definition) is 2. The Kier molecular flexibility index (Phi) is 3.49. The Hall–Kier alpha value is -0.620. The van der Waals surface area contributed by atoms with Gasteiger partial charge < -0.3 is 10.6 Å². The highest BCUT2D eigenvalue weighted by molar-refractivity contribution is 7.80. The van der Waals surface area contributed by atoms with E-state index >= 15 is 0 Å². The fourth-order valence-electron chi connectivity index (χ4n) is 2.25. The molecule has 0 bridgehead atoms. The molecule has 6 heteroatoms. The third-order valence-corrected chi connectivity index (χ3v) is 3.55. The molecule has 0 aromatic heterocycles. The molecule has 0 aromatic carbocycles. The molecule has 0 aliphatic carbocycles. The van der Waals surface area contributed by atoms with Crippen molar-refractivity contribution in [1.29, 1.82) is 0 Å². The van der Waals surface area contributed by atoms with Crippen LogP contribution in [0.5, 0.6) is 0 Å². The summed E-state index contributed by atoms with van der Waals surface area (Å²) in [6.07, 6.45) is 4.81. The fraction of sp³-hybridized carbons (Fsp3) is 0.800. The fourth-order valence-corrected chi connectivity index (χ4v) is 2.96. The zero-order valence-corrected chi connectivity index (χ0v) is 11.3.